The van der Waals surface area contributed by atoms with E-state index in [4.69, 9.17) is 14.2 Å². The lowest BCUT2D eigenvalue weighted by Crippen LogP contribution is -2.58. The standard InChI is InChI=1S/C19H20N2O6/c1-25-14-9-16-15(26-10-27-16)8-11(14)7-13-17(22)20-19(24)21(18(13)23)12-5-3-2-4-6-12/h7-9,12H,2-6,10H2,1H3,(H,20,22,24). The molecule has 1 aromatic rings. The van der Waals surface area contributed by atoms with Crippen LogP contribution in [0, 0.1) is 0 Å². The number of fused-ring (bicyclic) bond motifs is 1. The van der Waals surface area contributed by atoms with Crippen LogP contribution in [-0.2, 0) is 9.59 Å². The fourth-order valence-electron chi connectivity index (χ4n) is 3.73. The van der Waals surface area contributed by atoms with Crippen LogP contribution in [0.15, 0.2) is 17.7 Å². The number of urea groups is 1. The van der Waals surface area contributed by atoms with Crippen molar-refractivity contribution in [1.29, 1.82) is 0 Å². The van der Waals surface area contributed by atoms with Crippen LogP contribution < -0.4 is 19.5 Å². The summed E-state index contributed by atoms with van der Waals surface area (Å²) in [6, 6.07) is 2.47. The van der Waals surface area contributed by atoms with E-state index in [1.807, 2.05) is 0 Å². The van der Waals surface area contributed by atoms with Crippen molar-refractivity contribution in [2.45, 2.75) is 38.1 Å². The van der Waals surface area contributed by atoms with Crippen LogP contribution in [0.4, 0.5) is 4.79 Å². The zero-order chi connectivity index (χ0) is 19.0. The molecule has 1 aliphatic carbocycles. The molecule has 2 aliphatic heterocycles. The smallest absolute Gasteiger partial charge is 0.331 e. The summed E-state index contributed by atoms with van der Waals surface area (Å²) in [4.78, 5) is 38.8. The number of nitrogens with one attached hydrogen (secondary N) is 1. The summed E-state index contributed by atoms with van der Waals surface area (Å²) in [5.74, 6) is 0.194. The Kier molecular flexibility index (Phi) is 4.47. The number of hydrogen-bond acceptors (Lipinski definition) is 6. The van der Waals surface area contributed by atoms with Crippen LogP contribution in [0.3, 0.4) is 0 Å². The molecule has 0 radical (unpaired) electrons. The number of benzene rings is 1. The van der Waals surface area contributed by atoms with Gasteiger partial charge in [-0.1, -0.05) is 19.3 Å². The van der Waals surface area contributed by atoms with Crippen LogP contribution >= 0.6 is 0 Å². The Balaban J connectivity index is 1.70. The van der Waals surface area contributed by atoms with Crippen LogP contribution in [0.5, 0.6) is 17.2 Å². The van der Waals surface area contributed by atoms with Crippen molar-refractivity contribution >= 4 is 23.9 Å². The first kappa shape index (κ1) is 17.4. The van der Waals surface area contributed by atoms with Gasteiger partial charge in [-0.2, -0.15) is 0 Å². The monoisotopic (exact) mass is 372 g/mol. The molecule has 142 valence electrons. The second-order valence-corrected chi connectivity index (χ2v) is 6.73. The van der Waals surface area contributed by atoms with Crippen LogP contribution in [0.2, 0.25) is 0 Å². The number of imide groups is 2. The first-order valence-corrected chi connectivity index (χ1v) is 8.96. The molecule has 0 spiro atoms. The lowest BCUT2D eigenvalue weighted by Gasteiger charge is -2.35. The maximum atomic E-state index is 13.0. The number of carbonyl (C=O) groups excluding carboxylic acids is 3. The minimum absolute atomic E-state index is 0.0991. The van der Waals surface area contributed by atoms with E-state index in [-0.39, 0.29) is 18.4 Å². The van der Waals surface area contributed by atoms with Crippen molar-refractivity contribution in [2.75, 3.05) is 13.9 Å². The normalized spacial score (nSPS) is 21.6. The number of barbiturate groups is 1. The average molecular weight is 372 g/mol. The molecule has 0 unspecified atom stereocenters. The lowest BCUT2D eigenvalue weighted by molar-refractivity contribution is -0.132. The maximum Gasteiger partial charge on any atom is 0.331 e. The highest BCUT2D eigenvalue weighted by atomic mass is 16.7. The Labute approximate surface area is 156 Å². The van der Waals surface area contributed by atoms with Crippen LogP contribution in [0.1, 0.15) is 37.7 Å². The summed E-state index contributed by atoms with van der Waals surface area (Å²) >= 11 is 0. The summed E-state index contributed by atoms with van der Waals surface area (Å²) in [7, 11) is 1.49. The number of amides is 4. The number of carbonyl (C=O) groups is 3. The highest BCUT2D eigenvalue weighted by molar-refractivity contribution is 6.31. The Morgan fingerprint density at radius 3 is 2.52 bits per heavy atom. The highest BCUT2D eigenvalue weighted by Crippen LogP contribution is 2.39. The Bertz CT molecular complexity index is 841. The lowest BCUT2D eigenvalue weighted by atomic mass is 9.93. The Morgan fingerprint density at radius 1 is 1.11 bits per heavy atom. The minimum atomic E-state index is -0.711. The largest absolute Gasteiger partial charge is 0.496 e. The van der Waals surface area contributed by atoms with Crippen LogP contribution in [-0.4, -0.2) is 42.7 Å². The van der Waals surface area contributed by atoms with Gasteiger partial charge in [0, 0.05) is 17.7 Å². The van der Waals surface area contributed by atoms with Gasteiger partial charge in [0.05, 0.1) is 7.11 Å². The summed E-state index contributed by atoms with van der Waals surface area (Å²) in [5, 5.41) is 2.28. The number of methoxy groups -OCH3 is 1. The van der Waals surface area contributed by atoms with E-state index in [1.165, 1.54) is 18.1 Å². The zero-order valence-electron chi connectivity index (χ0n) is 14.9. The van der Waals surface area contributed by atoms with Crippen molar-refractivity contribution in [1.82, 2.24) is 10.2 Å². The molecule has 1 aromatic carbocycles. The van der Waals surface area contributed by atoms with Crippen molar-refractivity contribution in [2.24, 2.45) is 0 Å². The van der Waals surface area contributed by atoms with Gasteiger partial charge in [0.2, 0.25) is 6.79 Å². The highest BCUT2D eigenvalue weighted by Gasteiger charge is 2.40. The van der Waals surface area contributed by atoms with Crippen molar-refractivity contribution < 1.29 is 28.6 Å². The minimum Gasteiger partial charge on any atom is -0.496 e. The molecule has 2 heterocycles. The predicted molar refractivity (Wildman–Crippen MR) is 94.4 cm³/mol. The van der Waals surface area contributed by atoms with Gasteiger partial charge in [-0.25, -0.2) is 4.79 Å². The molecule has 0 aromatic heterocycles. The second-order valence-electron chi connectivity index (χ2n) is 6.73. The number of rotatable bonds is 3. The molecule has 8 heteroatoms. The van der Waals surface area contributed by atoms with Gasteiger partial charge in [0.15, 0.2) is 11.5 Å². The number of ether oxygens (including phenoxy) is 3. The first-order valence-electron chi connectivity index (χ1n) is 8.96. The molecule has 1 saturated carbocycles. The van der Waals surface area contributed by atoms with Crippen LogP contribution in [0.25, 0.3) is 6.08 Å². The van der Waals surface area contributed by atoms with E-state index in [2.05, 4.69) is 5.32 Å². The molecular formula is C19H20N2O6. The third-order valence-electron chi connectivity index (χ3n) is 5.10. The predicted octanol–water partition coefficient (Wildman–Crippen LogP) is 2.22. The van der Waals surface area contributed by atoms with Crippen molar-refractivity contribution in [3.05, 3.63) is 23.3 Å². The van der Waals surface area contributed by atoms with Gasteiger partial charge in [-0.3, -0.25) is 19.8 Å². The molecule has 4 rings (SSSR count). The van der Waals surface area contributed by atoms with Crippen molar-refractivity contribution in [3.8, 4) is 17.2 Å². The summed E-state index contributed by atoms with van der Waals surface area (Å²) in [6.45, 7) is 0.0991. The van der Waals surface area contributed by atoms with E-state index in [0.29, 0.717) is 22.8 Å². The number of hydrogen-bond donors (Lipinski definition) is 1. The molecule has 3 aliphatic rings. The Hall–Kier alpha value is -3.03. The van der Waals surface area contributed by atoms with E-state index < -0.39 is 17.8 Å². The molecule has 27 heavy (non-hydrogen) atoms. The van der Waals surface area contributed by atoms with Gasteiger partial charge < -0.3 is 14.2 Å². The summed E-state index contributed by atoms with van der Waals surface area (Å²) in [5.41, 5.74) is 0.399. The average Bonchev–Trinajstić information content (AvgIpc) is 3.12. The topological polar surface area (TPSA) is 94.2 Å². The molecule has 0 bridgehead atoms. The van der Waals surface area contributed by atoms with Crippen molar-refractivity contribution in [3.63, 3.8) is 0 Å². The van der Waals surface area contributed by atoms with E-state index in [0.717, 1.165) is 32.1 Å². The third-order valence-corrected chi connectivity index (χ3v) is 5.10. The maximum absolute atomic E-state index is 13.0. The van der Waals surface area contributed by atoms with Gasteiger partial charge in [-0.05, 0) is 25.0 Å². The molecule has 8 nitrogen and oxygen atoms in total. The van der Waals surface area contributed by atoms with Gasteiger partial charge in [-0.15, -0.1) is 0 Å². The van der Waals surface area contributed by atoms with Gasteiger partial charge in [0.25, 0.3) is 11.8 Å². The molecule has 4 amide bonds. The molecule has 1 saturated heterocycles. The fraction of sp³-hybridized carbons (Fsp3) is 0.421. The third kappa shape index (κ3) is 3.11. The Morgan fingerprint density at radius 2 is 1.81 bits per heavy atom. The second kappa shape index (κ2) is 6.94. The fourth-order valence-corrected chi connectivity index (χ4v) is 3.73. The number of nitrogens with zero attached hydrogens (tertiary/aromatic N) is 1. The first-order chi connectivity index (χ1) is 13.1. The molecule has 1 N–H and O–H groups in total. The summed E-state index contributed by atoms with van der Waals surface area (Å²) < 4.78 is 16.0. The van der Waals surface area contributed by atoms with E-state index in [1.54, 1.807) is 12.1 Å². The zero-order valence-corrected chi connectivity index (χ0v) is 14.9. The molecule has 2 fully saturated rings. The SMILES string of the molecule is COc1cc2c(cc1C=C1C(=O)NC(=O)N(C3CCCCC3)C1=O)OCO2. The molecule has 0 atom stereocenters. The summed E-state index contributed by atoms with van der Waals surface area (Å²) in [6.07, 6.45) is 5.97. The quantitative estimate of drug-likeness (QED) is 0.646. The van der Waals surface area contributed by atoms with E-state index >= 15 is 0 Å². The van der Waals surface area contributed by atoms with E-state index in [9.17, 15) is 14.4 Å². The van der Waals surface area contributed by atoms with Gasteiger partial charge >= 0.3 is 6.03 Å². The molecular weight excluding hydrogens is 352 g/mol. The van der Waals surface area contributed by atoms with Gasteiger partial charge in [0.1, 0.15) is 11.3 Å².